The molecule has 0 saturated heterocycles. The Labute approximate surface area is 123 Å². The third kappa shape index (κ3) is 4.10. The number of benzene rings is 2. The van der Waals surface area contributed by atoms with Crippen molar-refractivity contribution in [1.82, 2.24) is 0 Å². The van der Waals surface area contributed by atoms with Gasteiger partial charge in [-0.15, -0.1) is 0 Å². The monoisotopic (exact) mass is 264 g/mol. The Bertz CT molecular complexity index is 557. The molecule has 0 nitrogen and oxygen atoms in total. The Kier molecular flexibility index (Phi) is 7.69. The molecule has 0 saturated carbocycles. The highest BCUT2D eigenvalue weighted by molar-refractivity contribution is 5.76. The van der Waals surface area contributed by atoms with E-state index in [1.165, 1.54) is 11.1 Å². The highest BCUT2D eigenvalue weighted by atomic mass is 14.0. The van der Waals surface area contributed by atoms with Crippen LogP contribution in [-0.2, 0) is 0 Å². The van der Waals surface area contributed by atoms with Crippen molar-refractivity contribution in [1.29, 1.82) is 0 Å². The molecule has 2 aromatic rings. The van der Waals surface area contributed by atoms with Gasteiger partial charge in [0.25, 0.3) is 0 Å². The molecular weight excluding hydrogens is 240 g/mol. The van der Waals surface area contributed by atoms with Crippen LogP contribution in [0.3, 0.4) is 0 Å². The van der Waals surface area contributed by atoms with Gasteiger partial charge in [-0.2, -0.15) is 0 Å². The zero-order valence-electron chi connectivity index (χ0n) is 10.3. The molecule has 0 spiro atoms. The second-order valence-electron chi connectivity index (χ2n) is 4.01. The minimum Gasteiger partial charge on any atom is -0.0990 e. The van der Waals surface area contributed by atoms with Gasteiger partial charge in [-0.05, 0) is 22.3 Å². The van der Waals surface area contributed by atoms with Gasteiger partial charge in [-0.25, -0.2) is 0 Å². The molecule has 104 valence electrons. The van der Waals surface area contributed by atoms with Crippen molar-refractivity contribution in [2.45, 2.75) is 14.9 Å². The fourth-order valence-corrected chi connectivity index (χ4v) is 1.89. The van der Waals surface area contributed by atoms with Crippen molar-refractivity contribution in [3.05, 3.63) is 91.5 Å². The average molecular weight is 264 g/mol. The van der Waals surface area contributed by atoms with E-state index in [2.05, 4.69) is 61.7 Å². The first-order valence-corrected chi connectivity index (χ1v) is 5.96. The molecule has 2 rings (SSSR count). The Balaban J connectivity index is 0.00000180. The zero-order valence-corrected chi connectivity index (χ0v) is 10.3. The van der Waals surface area contributed by atoms with Gasteiger partial charge < -0.3 is 0 Å². The van der Waals surface area contributed by atoms with Crippen LogP contribution in [0, 0.1) is 0 Å². The fraction of sp³-hybridized carbons (Fsp3) is 0.100. The van der Waals surface area contributed by atoms with Crippen molar-refractivity contribution in [2.75, 3.05) is 0 Å². The van der Waals surface area contributed by atoms with Gasteiger partial charge in [0.05, 0.1) is 0 Å². The SMILES string of the molecule is C.C.C=C/C=C(\C=C)c1ccc(-c2ccccc2)cc1. The molecule has 0 heteroatoms. The molecule has 0 aliphatic carbocycles. The van der Waals surface area contributed by atoms with E-state index in [4.69, 9.17) is 0 Å². The van der Waals surface area contributed by atoms with Crippen LogP contribution >= 0.6 is 0 Å². The largest absolute Gasteiger partial charge is 0.0990 e. The maximum atomic E-state index is 3.82. The molecule has 0 atom stereocenters. The summed E-state index contributed by atoms with van der Waals surface area (Å²) >= 11 is 0. The molecule has 0 heterocycles. The Hall–Kier alpha value is -2.34. The molecule has 0 unspecified atom stereocenters. The van der Waals surface area contributed by atoms with Crippen LogP contribution in [0.15, 0.2) is 86.0 Å². The predicted molar refractivity (Wildman–Crippen MR) is 93.7 cm³/mol. The average Bonchev–Trinajstić information content (AvgIpc) is 2.46. The Morgan fingerprint density at radius 2 is 1.30 bits per heavy atom. The van der Waals surface area contributed by atoms with Gasteiger partial charge in [0.1, 0.15) is 0 Å². The number of hydrogen-bond acceptors (Lipinski definition) is 0. The van der Waals surface area contributed by atoms with Gasteiger partial charge >= 0.3 is 0 Å². The van der Waals surface area contributed by atoms with E-state index in [0.717, 1.165) is 11.1 Å². The lowest BCUT2D eigenvalue weighted by Crippen LogP contribution is -1.82. The highest BCUT2D eigenvalue weighted by Crippen LogP contribution is 2.22. The normalized spacial score (nSPS) is 9.90. The van der Waals surface area contributed by atoms with Crippen LogP contribution in [0.25, 0.3) is 16.7 Å². The zero-order chi connectivity index (χ0) is 12.8. The van der Waals surface area contributed by atoms with E-state index in [1.54, 1.807) is 6.08 Å². The number of allylic oxidation sites excluding steroid dienone is 4. The minimum atomic E-state index is 0. The standard InChI is InChI=1S/C18H16.2CH4/c1-3-8-15(4-2)17-11-13-18(14-12-17)16-9-6-5-7-10-16;;/h3-14H,1-2H2;2*1H4/b15-8+;;. The third-order valence-corrected chi connectivity index (χ3v) is 2.84. The van der Waals surface area contributed by atoms with E-state index in [0.29, 0.717) is 0 Å². The maximum absolute atomic E-state index is 3.82. The summed E-state index contributed by atoms with van der Waals surface area (Å²) in [5.74, 6) is 0. The lowest BCUT2D eigenvalue weighted by Gasteiger charge is -2.05. The summed E-state index contributed by atoms with van der Waals surface area (Å²) in [7, 11) is 0. The molecule has 0 N–H and O–H groups in total. The van der Waals surface area contributed by atoms with Crippen molar-refractivity contribution >= 4 is 5.57 Å². The van der Waals surface area contributed by atoms with Crippen LogP contribution in [-0.4, -0.2) is 0 Å². The van der Waals surface area contributed by atoms with Gasteiger partial charge in [0.15, 0.2) is 0 Å². The first-order valence-electron chi connectivity index (χ1n) is 5.96. The summed E-state index contributed by atoms with van der Waals surface area (Å²) in [4.78, 5) is 0. The van der Waals surface area contributed by atoms with Crippen LogP contribution in [0.4, 0.5) is 0 Å². The summed E-state index contributed by atoms with van der Waals surface area (Å²) in [6.45, 7) is 7.54. The van der Waals surface area contributed by atoms with Gasteiger partial charge in [0, 0.05) is 0 Å². The van der Waals surface area contributed by atoms with Crippen LogP contribution in [0.5, 0.6) is 0 Å². The minimum absolute atomic E-state index is 0. The smallest absolute Gasteiger partial charge is 0.0184 e. The van der Waals surface area contributed by atoms with Crippen LogP contribution in [0.1, 0.15) is 20.4 Å². The van der Waals surface area contributed by atoms with Crippen molar-refractivity contribution < 1.29 is 0 Å². The molecule has 0 bridgehead atoms. The molecule has 2 aromatic carbocycles. The van der Waals surface area contributed by atoms with E-state index < -0.39 is 0 Å². The second kappa shape index (κ2) is 8.71. The molecule has 0 fully saturated rings. The number of hydrogen-bond donors (Lipinski definition) is 0. The van der Waals surface area contributed by atoms with E-state index in [-0.39, 0.29) is 14.9 Å². The molecule has 0 amide bonds. The van der Waals surface area contributed by atoms with Gasteiger partial charge in [-0.3, -0.25) is 0 Å². The number of rotatable bonds is 4. The van der Waals surface area contributed by atoms with E-state index >= 15 is 0 Å². The summed E-state index contributed by atoms with van der Waals surface area (Å²) in [6, 6.07) is 18.8. The Morgan fingerprint density at radius 1 is 0.750 bits per heavy atom. The third-order valence-electron chi connectivity index (χ3n) is 2.84. The first-order chi connectivity index (χ1) is 8.85. The fourth-order valence-electron chi connectivity index (χ4n) is 1.89. The summed E-state index contributed by atoms with van der Waals surface area (Å²) in [6.07, 6.45) is 5.59. The molecule has 20 heavy (non-hydrogen) atoms. The summed E-state index contributed by atoms with van der Waals surface area (Å²) < 4.78 is 0. The Morgan fingerprint density at radius 3 is 1.80 bits per heavy atom. The lowest BCUT2D eigenvalue weighted by atomic mass is 10.0. The predicted octanol–water partition coefficient (Wildman–Crippen LogP) is 6.38. The van der Waals surface area contributed by atoms with Crippen molar-refractivity contribution in [3.8, 4) is 11.1 Å². The topological polar surface area (TPSA) is 0 Å². The molecule has 0 aromatic heterocycles. The summed E-state index contributed by atoms with van der Waals surface area (Å²) in [5, 5.41) is 0. The van der Waals surface area contributed by atoms with Crippen LogP contribution < -0.4 is 0 Å². The van der Waals surface area contributed by atoms with E-state index in [1.807, 2.05) is 18.2 Å². The molecule has 0 aliphatic rings. The lowest BCUT2D eigenvalue weighted by molar-refractivity contribution is 1.58. The second-order valence-corrected chi connectivity index (χ2v) is 4.01. The maximum Gasteiger partial charge on any atom is -0.0184 e. The van der Waals surface area contributed by atoms with Crippen molar-refractivity contribution in [3.63, 3.8) is 0 Å². The molecule has 0 aliphatic heterocycles. The van der Waals surface area contributed by atoms with Gasteiger partial charge in [-0.1, -0.05) is 101 Å². The first kappa shape index (κ1) is 17.7. The molecule has 0 radical (unpaired) electrons. The quantitative estimate of drug-likeness (QED) is 0.562. The summed E-state index contributed by atoms with van der Waals surface area (Å²) in [5.41, 5.74) is 4.70. The molecular formula is C20H24. The van der Waals surface area contributed by atoms with E-state index in [9.17, 15) is 0 Å². The van der Waals surface area contributed by atoms with Crippen LogP contribution in [0.2, 0.25) is 0 Å². The highest BCUT2D eigenvalue weighted by Gasteiger charge is 1.99. The van der Waals surface area contributed by atoms with Gasteiger partial charge in [0.2, 0.25) is 0 Å². The van der Waals surface area contributed by atoms with Crippen molar-refractivity contribution in [2.24, 2.45) is 0 Å².